The molecular weight excluding hydrogens is 208 g/mol. The van der Waals surface area contributed by atoms with Crippen LogP contribution in [0.2, 0.25) is 0 Å². The van der Waals surface area contributed by atoms with E-state index < -0.39 is 24.0 Å². The Morgan fingerprint density at radius 1 is 0.933 bits per heavy atom. The maximum Gasteiger partial charge on any atom is 0.323 e. The SMILES string of the molecule is O=C(O)C(CCCC(NO)C(=O)O)NO. The molecule has 8 heteroatoms. The first-order valence-corrected chi connectivity index (χ1v) is 4.27. The zero-order valence-electron chi connectivity index (χ0n) is 7.88. The lowest BCUT2D eigenvalue weighted by atomic mass is 10.1. The summed E-state index contributed by atoms with van der Waals surface area (Å²) in [6.07, 6.45) is 0.365. The molecule has 0 saturated heterocycles. The molecule has 2 unspecified atom stereocenters. The molecule has 0 aromatic rings. The highest BCUT2D eigenvalue weighted by atomic mass is 16.5. The van der Waals surface area contributed by atoms with E-state index in [1.807, 2.05) is 0 Å². The van der Waals surface area contributed by atoms with E-state index in [0.29, 0.717) is 0 Å². The molecule has 0 bridgehead atoms. The van der Waals surface area contributed by atoms with Crippen molar-refractivity contribution in [2.24, 2.45) is 0 Å². The highest BCUT2D eigenvalue weighted by Gasteiger charge is 2.19. The van der Waals surface area contributed by atoms with Crippen molar-refractivity contribution in [2.75, 3.05) is 0 Å². The maximum atomic E-state index is 10.4. The number of hydrogen-bond donors (Lipinski definition) is 6. The van der Waals surface area contributed by atoms with E-state index in [1.54, 1.807) is 11.0 Å². The lowest BCUT2D eigenvalue weighted by Gasteiger charge is -2.12. The minimum absolute atomic E-state index is 0.0668. The van der Waals surface area contributed by atoms with Crippen LogP contribution in [0.15, 0.2) is 0 Å². The number of carbonyl (C=O) groups is 2. The predicted octanol–water partition coefficient (Wildman–Crippen LogP) is -0.979. The number of rotatable bonds is 8. The van der Waals surface area contributed by atoms with Crippen LogP contribution >= 0.6 is 0 Å². The summed E-state index contributed by atoms with van der Waals surface area (Å²) in [6.45, 7) is 0. The zero-order valence-corrected chi connectivity index (χ0v) is 7.88. The monoisotopic (exact) mass is 222 g/mol. The molecule has 2 atom stereocenters. The number of hydroxylamine groups is 2. The Labute approximate surface area is 85.4 Å². The number of carboxylic acid groups (broad SMARTS) is 2. The Morgan fingerprint density at radius 3 is 1.47 bits per heavy atom. The molecule has 0 aliphatic rings. The van der Waals surface area contributed by atoms with Crippen molar-refractivity contribution in [3.8, 4) is 0 Å². The molecule has 0 heterocycles. The molecule has 0 rings (SSSR count). The Hall–Kier alpha value is -1.22. The molecule has 88 valence electrons. The van der Waals surface area contributed by atoms with Crippen LogP contribution < -0.4 is 11.0 Å². The first kappa shape index (κ1) is 13.8. The van der Waals surface area contributed by atoms with Crippen LogP contribution in [0, 0.1) is 0 Å². The van der Waals surface area contributed by atoms with Crippen LogP contribution in [0.5, 0.6) is 0 Å². The molecule has 0 aliphatic heterocycles. The van der Waals surface area contributed by atoms with E-state index in [-0.39, 0.29) is 19.3 Å². The summed E-state index contributed by atoms with van der Waals surface area (Å²) in [7, 11) is 0. The Balaban J connectivity index is 3.85. The second-order valence-corrected chi connectivity index (χ2v) is 2.97. The number of aliphatic carboxylic acids is 2. The van der Waals surface area contributed by atoms with Gasteiger partial charge in [-0.05, 0) is 19.3 Å². The summed E-state index contributed by atoms with van der Waals surface area (Å²) in [5, 5.41) is 33.8. The van der Waals surface area contributed by atoms with Gasteiger partial charge in [0.15, 0.2) is 0 Å². The van der Waals surface area contributed by atoms with Gasteiger partial charge in [0.05, 0.1) is 0 Å². The molecule has 0 radical (unpaired) electrons. The number of carboxylic acids is 2. The molecule has 8 nitrogen and oxygen atoms in total. The standard InChI is InChI=1S/C7H14N2O6/c10-6(11)4(8-14)2-1-3-5(9-15)7(12)13/h4-5,8-9,14-15H,1-3H2,(H,10,11)(H,12,13). The topological polar surface area (TPSA) is 139 Å². The van der Waals surface area contributed by atoms with E-state index in [4.69, 9.17) is 20.6 Å². The summed E-state index contributed by atoms with van der Waals surface area (Å²) in [5.41, 5.74) is 3.19. The van der Waals surface area contributed by atoms with Crippen LogP contribution in [-0.4, -0.2) is 44.6 Å². The first-order chi connectivity index (χ1) is 7.02. The average molecular weight is 222 g/mol. The Morgan fingerprint density at radius 2 is 1.27 bits per heavy atom. The van der Waals surface area contributed by atoms with E-state index in [2.05, 4.69) is 0 Å². The van der Waals surface area contributed by atoms with Gasteiger partial charge in [0, 0.05) is 0 Å². The summed E-state index contributed by atoms with van der Waals surface area (Å²) < 4.78 is 0. The Kier molecular flexibility index (Phi) is 6.54. The molecule has 0 amide bonds. The van der Waals surface area contributed by atoms with Crippen molar-refractivity contribution in [3.63, 3.8) is 0 Å². The van der Waals surface area contributed by atoms with Gasteiger partial charge in [-0.3, -0.25) is 9.59 Å². The fourth-order valence-corrected chi connectivity index (χ4v) is 1.01. The lowest BCUT2D eigenvalue weighted by molar-refractivity contribution is -0.142. The lowest BCUT2D eigenvalue weighted by Crippen LogP contribution is -2.36. The van der Waals surface area contributed by atoms with Crippen molar-refractivity contribution in [1.82, 2.24) is 11.0 Å². The summed E-state index contributed by atoms with van der Waals surface area (Å²) in [4.78, 5) is 20.8. The zero-order chi connectivity index (χ0) is 11.8. The highest BCUT2D eigenvalue weighted by Crippen LogP contribution is 2.04. The van der Waals surface area contributed by atoms with Gasteiger partial charge >= 0.3 is 11.9 Å². The number of nitrogens with one attached hydrogen (secondary N) is 2. The normalized spacial score (nSPS) is 14.5. The van der Waals surface area contributed by atoms with Crippen LogP contribution in [-0.2, 0) is 9.59 Å². The van der Waals surface area contributed by atoms with Gasteiger partial charge in [-0.1, -0.05) is 0 Å². The second-order valence-electron chi connectivity index (χ2n) is 2.97. The molecular formula is C7H14N2O6. The minimum Gasteiger partial charge on any atom is -0.480 e. The van der Waals surface area contributed by atoms with E-state index in [1.165, 1.54) is 0 Å². The van der Waals surface area contributed by atoms with Gasteiger partial charge in [-0.2, -0.15) is 11.0 Å². The molecule has 0 aliphatic carbocycles. The predicted molar refractivity (Wildman–Crippen MR) is 46.5 cm³/mol. The van der Waals surface area contributed by atoms with E-state index in [0.717, 1.165) is 0 Å². The fourth-order valence-electron chi connectivity index (χ4n) is 1.01. The van der Waals surface area contributed by atoms with Crippen molar-refractivity contribution in [1.29, 1.82) is 0 Å². The maximum absolute atomic E-state index is 10.4. The molecule has 0 aromatic heterocycles. The van der Waals surface area contributed by atoms with Gasteiger partial charge < -0.3 is 20.6 Å². The summed E-state index contributed by atoms with van der Waals surface area (Å²) in [5.74, 6) is -2.44. The average Bonchev–Trinajstić information content (AvgIpc) is 2.17. The van der Waals surface area contributed by atoms with E-state index in [9.17, 15) is 9.59 Å². The van der Waals surface area contributed by atoms with Crippen LogP contribution in [0.4, 0.5) is 0 Å². The third-order valence-corrected chi connectivity index (χ3v) is 1.89. The first-order valence-electron chi connectivity index (χ1n) is 4.27. The quantitative estimate of drug-likeness (QED) is 0.288. The molecule has 0 aromatic carbocycles. The third-order valence-electron chi connectivity index (χ3n) is 1.89. The van der Waals surface area contributed by atoms with Gasteiger partial charge in [0.1, 0.15) is 12.1 Å². The smallest absolute Gasteiger partial charge is 0.323 e. The molecule has 6 N–H and O–H groups in total. The molecule has 0 saturated carbocycles. The van der Waals surface area contributed by atoms with Gasteiger partial charge in [0.2, 0.25) is 0 Å². The second kappa shape index (κ2) is 7.12. The van der Waals surface area contributed by atoms with Gasteiger partial charge in [-0.15, -0.1) is 0 Å². The van der Waals surface area contributed by atoms with Crippen LogP contribution in [0.1, 0.15) is 19.3 Å². The van der Waals surface area contributed by atoms with Crippen LogP contribution in [0.3, 0.4) is 0 Å². The summed E-state index contributed by atoms with van der Waals surface area (Å²) in [6, 6.07) is -2.25. The fraction of sp³-hybridized carbons (Fsp3) is 0.714. The van der Waals surface area contributed by atoms with Gasteiger partial charge in [-0.25, -0.2) is 0 Å². The van der Waals surface area contributed by atoms with Crippen molar-refractivity contribution < 1.29 is 30.2 Å². The van der Waals surface area contributed by atoms with E-state index >= 15 is 0 Å². The highest BCUT2D eigenvalue weighted by molar-refractivity contribution is 5.73. The van der Waals surface area contributed by atoms with Crippen molar-refractivity contribution >= 4 is 11.9 Å². The van der Waals surface area contributed by atoms with Gasteiger partial charge in [0.25, 0.3) is 0 Å². The van der Waals surface area contributed by atoms with Crippen molar-refractivity contribution in [3.05, 3.63) is 0 Å². The molecule has 15 heavy (non-hydrogen) atoms. The minimum atomic E-state index is -1.22. The largest absolute Gasteiger partial charge is 0.480 e. The van der Waals surface area contributed by atoms with Crippen LogP contribution in [0.25, 0.3) is 0 Å². The molecule has 0 fully saturated rings. The summed E-state index contributed by atoms with van der Waals surface area (Å²) >= 11 is 0. The molecule has 0 spiro atoms. The number of hydrogen-bond acceptors (Lipinski definition) is 6. The third kappa shape index (κ3) is 5.27. The van der Waals surface area contributed by atoms with Crippen molar-refractivity contribution in [2.45, 2.75) is 31.3 Å². The Bertz CT molecular complexity index is 200.